The van der Waals surface area contributed by atoms with Gasteiger partial charge >= 0.3 is 0 Å². The smallest absolute Gasteiger partial charge is 0.297 e. The van der Waals surface area contributed by atoms with Crippen molar-refractivity contribution in [2.45, 2.75) is 46.6 Å². The Morgan fingerprint density at radius 1 is 1.24 bits per heavy atom. The summed E-state index contributed by atoms with van der Waals surface area (Å²) in [6.45, 7) is 4.62. The first-order valence-corrected chi connectivity index (χ1v) is 9.88. The van der Waals surface area contributed by atoms with Crippen LogP contribution in [0.1, 0.15) is 52.8 Å². The maximum absolute atomic E-state index is 14.3. The second-order valence-electron chi connectivity index (χ2n) is 7.67. The van der Waals surface area contributed by atoms with Crippen LogP contribution in [0.15, 0.2) is 28.0 Å². The molecular formula is C22H19F4N5O3. The molecule has 0 amide bonds. The summed E-state index contributed by atoms with van der Waals surface area (Å²) < 4.78 is 61.4. The Balaban J connectivity index is 2.20. The van der Waals surface area contributed by atoms with Gasteiger partial charge in [-0.15, -0.1) is 0 Å². The first kappa shape index (κ1) is 24.6. The number of rotatable bonds is 6. The molecule has 0 saturated heterocycles. The molecule has 0 atom stereocenters. The summed E-state index contributed by atoms with van der Waals surface area (Å²) in [7, 11) is 0. The van der Waals surface area contributed by atoms with Crippen molar-refractivity contribution < 1.29 is 22.3 Å². The van der Waals surface area contributed by atoms with Gasteiger partial charge in [0.15, 0.2) is 5.69 Å². The number of aromatic nitrogens is 4. The highest BCUT2D eigenvalue weighted by molar-refractivity contribution is 5.51. The lowest BCUT2D eigenvalue weighted by molar-refractivity contribution is 0.0101. The first-order valence-electron chi connectivity index (χ1n) is 9.88. The molecule has 2 aromatic heterocycles. The average molecular weight is 477 g/mol. The van der Waals surface area contributed by atoms with Crippen LogP contribution in [0.3, 0.4) is 0 Å². The fourth-order valence-electron chi connectivity index (χ4n) is 3.26. The van der Waals surface area contributed by atoms with Crippen LogP contribution in [0.4, 0.5) is 17.6 Å². The van der Waals surface area contributed by atoms with Crippen molar-refractivity contribution in [3.05, 3.63) is 78.6 Å². The molecule has 0 aliphatic rings. The highest BCUT2D eigenvalue weighted by Gasteiger charge is 2.34. The number of benzene rings is 1. The van der Waals surface area contributed by atoms with Crippen LogP contribution in [-0.4, -0.2) is 19.5 Å². The van der Waals surface area contributed by atoms with Gasteiger partial charge in [-0.3, -0.25) is 14.2 Å². The van der Waals surface area contributed by atoms with Crippen molar-refractivity contribution in [3.8, 4) is 17.6 Å². The SMILES string of the molecule is Cc1nc(C)c(Cn2cnc(C(C)(F)F)c(Oc3cc(C(F)F)cc(C#N)c3C)c2=O)c(=O)[nH]1. The molecule has 0 fully saturated rings. The lowest BCUT2D eigenvalue weighted by Crippen LogP contribution is -2.30. The van der Waals surface area contributed by atoms with E-state index < -0.39 is 40.5 Å². The summed E-state index contributed by atoms with van der Waals surface area (Å²) in [6, 6.07) is 3.55. The zero-order chi connectivity index (χ0) is 25.4. The Bertz CT molecular complexity index is 1420. The van der Waals surface area contributed by atoms with Crippen molar-refractivity contribution >= 4 is 0 Å². The Kier molecular flexibility index (Phi) is 6.58. The van der Waals surface area contributed by atoms with Crippen LogP contribution in [0.2, 0.25) is 0 Å². The van der Waals surface area contributed by atoms with Crippen LogP contribution in [0.25, 0.3) is 0 Å². The Hall–Kier alpha value is -4.01. The van der Waals surface area contributed by atoms with E-state index in [0.29, 0.717) is 18.4 Å². The van der Waals surface area contributed by atoms with Crippen molar-refractivity contribution in [1.82, 2.24) is 19.5 Å². The molecule has 0 spiro atoms. The number of ether oxygens (including phenoxy) is 1. The number of aryl methyl sites for hydroxylation is 2. The third-order valence-electron chi connectivity index (χ3n) is 5.05. The van der Waals surface area contributed by atoms with Gasteiger partial charge in [-0.2, -0.15) is 14.0 Å². The standard InChI is InChI=1S/C22H19F4N5O3/c1-10-14(7-27)5-13(19(23)24)6-16(10)34-17-18(22(4,25)26)28-9-31(21(17)33)8-15-11(2)29-12(3)30-20(15)32/h5-6,9,19H,8H2,1-4H3,(H,29,30,32). The predicted octanol–water partition coefficient (Wildman–Crippen LogP) is 4.01. The molecule has 0 aliphatic heterocycles. The maximum atomic E-state index is 14.3. The molecule has 1 aromatic carbocycles. The Morgan fingerprint density at radius 2 is 1.91 bits per heavy atom. The monoisotopic (exact) mass is 477 g/mol. The molecule has 8 nitrogen and oxygen atoms in total. The van der Waals surface area contributed by atoms with Gasteiger partial charge in [0, 0.05) is 23.7 Å². The predicted molar refractivity (Wildman–Crippen MR) is 112 cm³/mol. The molecule has 0 radical (unpaired) electrons. The van der Waals surface area contributed by atoms with E-state index in [1.807, 2.05) is 0 Å². The number of aromatic amines is 1. The molecular weight excluding hydrogens is 458 g/mol. The number of halogens is 4. The minimum absolute atomic E-state index is 0.0714. The van der Waals surface area contributed by atoms with Crippen molar-refractivity contribution in [2.75, 3.05) is 0 Å². The molecule has 0 unspecified atom stereocenters. The van der Waals surface area contributed by atoms with Gasteiger partial charge in [-0.05, 0) is 32.9 Å². The van der Waals surface area contributed by atoms with Crippen LogP contribution in [0, 0.1) is 32.1 Å². The molecule has 34 heavy (non-hydrogen) atoms. The molecule has 1 N–H and O–H groups in total. The van der Waals surface area contributed by atoms with E-state index in [9.17, 15) is 32.4 Å². The second kappa shape index (κ2) is 9.09. The summed E-state index contributed by atoms with van der Waals surface area (Å²) in [5.41, 5.74) is -2.90. The van der Waals surface area contributed by atoms with Crippen molar-refractivity contribution in [3.63, 3.8) is 0 Å². The van der Waals surface area contributed by atoms with Crippen LogP contribution >= 0.6 is 0 Å². The summed E-state index contributed by atoms with van der Waals surface area (Å²) in [6.07, 6.45) is -2.14. The van der Waals surface area contributed by atoms with E-state index in [2.05, 4.69) is 15.0 Å². The van der Waals surface area contributed by atoms with Gasteiger partial charge in [-0.1, -0.05) is 0 Å². The van der Waals surface area contributed by atoms with Gasteiger partial charge < -0.3 is 9.72 Å². The molecule has 12 heteroatoms. The fraction of sp³-hybridized carbons (Fsp3) is 0.318. The number of nitrogens with one attached hydrogen (secondary N) is 1. The number of nitrogens with zero attached hydrogens (tertiary/aromatic N) is 4. The normalized spacial score (nSPS) is 11.5. The van der Waals surface area contributed by atoms with E-state index in [4.69, 9.17) is 4.74 Å². The van der Waals surface area contributed by atoms with Crippen molar-refractivity contribution in [1.29, 1.82) is 5.26 Å². The number of H-pyrrole nitrogens is 1. The van der Waals surface area contributed by atoms with Crippen LogP contribution in [-0.2, 0) is 12.5 Å². The number of hydrogen-bond acceptors (Lipinski definition) is 6. The summed E-state index contributed by atoms with van der Waals surface area (Å²) >= 11 is 0. The molecule has 0 bridgehead atoms. The van der Waals surface area contributed by atoms with Gasteiger partial charge in [-0.25, -0.2) is 18.7 Å². The van der Waals surface area contributed by atoms with Gasteiger partial charge in [0.05, 0.1) is 30.1 Å². The Morgan fingerprint density at radius 3 is 2.47 bits per heavy atom. The van der Waals surface area contributed by atoms with Crippen LogP contribution in [0.5, 0.6) is 11.5 Å². The summed E-state index contributed by atoms with van der Waals surface area (Å²) in [5.74, 6) is -4.56. The van der Waals surface area contributed by atoms with Gasteiger partial charge in [0.25, 0.3) is 23.5 Å². The number of hydrogen-bond donors (Lipinski definition) is 1. The fourth-order valence-corrected chi connectivity index (χ4v) is 3.26. The van der Waals surface area contributed by atoms with E-state index in [1.165, 1.54) is 6.92 Å². The Labute approximate surface area is 190 Å². The van der Waals surface area contributed by atoms with Crippen LogP contribution < -0.4 is 15.9 Å². The first-order chi connectivity index (χ1) is 15.8. The minimum Gasteiger partial charge on any atom is -0.449 e. The lowest BCUT2D eigenvalue weighted by Gasteiger charge is -2.18. The van der Waals surface area contributed by atoms with E-state index >= 15 is 0 Å². The highest BCUT2D eigenvalue weighted by atomic mass is 19.3. The molecule has 0 aliphatic carbocycles. The average Bonchev–Trinajstić information content (AvgIpc) is 2.73. The quantitative estimate of drug-likeness (QED) is 0.537. The van der Waals surface area contributed by atoms with E-state index in [0.717, 1.165) is 23.0 Å². The molecule has 0 saturated carbocycles. The molecule has 2 heterocycles. The maximum Gasteiger partial charge on any atom is 0.297 e. The number of nitriles is 1. The summed E-state index contributed by atoms with van der Waals surface area (Å²) in [4.78, 5) is 35.7. The van der Waals surface area contributed by atoms with E-state index in [1.54, 1.807) is 19.9 Å². The topological polar surface area (TPSA) is 114 Å². The zero-order valence-electron chi connectivity index (χ0n) is 18.5. The van der Waals surface area contributed by atoms with Gasteiger partial charge in [0.2, 0.25) is 5.75 Å². The third-order valence-corrected chi connectivity index (χ3v) is 5.05. The molecule has 178 valence electrons. The zero-order valence-corrected chi connectivity index (χ0v) is 18.5. The highest BCUT2D eigenvalue weighted by Crippen LogP contribution is 2.36. The second-order valence-corrected chi connectivity index (χ2v) is 7.67. The minimum atomic E-state index is -3.63. The number of alkyl halides is 4. The van der Waals surface area contributed by atoms with Crippen molar-refractivity contribution in [2.24, 2.45) is 0 Å². The largest absolute Gasteiger partial charge is 0.449 e. The third kappa shape index (κ3) is 4.83. The van der Waals surface area contributed by atoms with E-state index in [-0.39, 0.29) is 29.0 Å². The molecule has 3 aromatic rings. The molecule has 3 rings (SSSR count). The van der Waals surface area contributed by atoms with Gasteiger partial charge in [0.1, 0.15) is 11.6 Å². The lowest BCUT2D eigenvalue weighted by atomic mass is 10.0. The summed E-state index contributed by atoms with van der Waals surface area (Å²) in [5, 5.41) is 9.25.